The van der Waals surface area contributed by atoms with Crippen LogP contribution in [0.4, 0.5) is 11.5 Å². The van der Waals surface area contributed by atoms with Gasteiger partial charge in [0, 0.05) is 17.8 Å². The molecule has 1 amide bonds. The minimum Gasteiger partial charge on any atom is -0.349 e. The number of aromatic nitrogens is 2. The molecule has 2 rings (SSSR count). The van der Waals surface area contributed by atoms with Crippen LogP contribution in [-0.2, 0) is 0 Å². The molecule has 116 valence electrons. The summed E-state index contributed by atoms with van der Waals surface area (Å²) in [6, 6.07) is 7.93. The Labute approximate surface area is 131 Å². The molecule has 5 heteroatoms. The Morgan fingerprint density at radius 3 is 2.23 bits per heavy atom. The van der Waals surface area contributed by atoms with Crippen LogP contribution in [0.5, 0.6) is 0 Å². The summed E-state index contributed by atoms with van der Waals surface area (Å²) in [6.45, 7) is 9.70. The van der Waals surface area contributed by atoms with Crippen molar-refractivity contribution in [1.29, 1.82) is 0 Å². The topological polar surface area (TPSA) is 66.9 Å². The van der Waals surface area contributed by atoms with Crippen LogP contribution >= 0.6 is 0 Å². The Bertz CT molecular complexity index is 675. The molecule has 0 atom stereocenters. The highest BCUT2D eigenvalue weighted by Gasteiger charge is 2.11. The van der Waals surface area contributed by atoms with E-state index in [4.69, 9.17) is 0 Å². The van der Waals surface area contributed by atoms with E-state index in [9.17, 15) is 4.79 Å². The maximum Gasteiger partial charge on any atom is 0.270 e. The van der Waals surface area contributed by atoms with Crippen LogP contribution in [0.3, 0.4) is 0 Å². The number of anilines is 2. The van der Waals surface area contributed by atoms with Crippen molar-refractivity contribution >= 4 is 17.4 Å². The lowest BCUT2D eigenvalue weighted by Crippen LogP contribution is -2.31. The molecule has 0 spiro atoms. The van der Waals surface area contributed by atoms with Crippen LogP contribution in [0.1, 0.15) is 41.3 Å². The van der Waals surface area contributed by atoms with Crippen molar-refractivity contribution in [3.8, 4) is 0 Å². The monoisotopic (exact) mass is 298 g/mol. The van der Waals surface area contributed by atoms with Gasteiger partial charge in [0.2, 0.25) is 0 Å². The fourth-order valence-electron chi connectivity index (χ4n) is 2.28. The molecular weight excluding hydrogens is 276 g/mol. The molecular formula is C17H22N4O. The summed E-state index contributed by atoms with van der Waals surface area (Å²) in [6.07, 6.45) is 0. The predicted octanol–water partition coefficient (Wildman–Crippen LogP) is 3.28. The van der Waals surface area contributed by atoms with E-state index >= 15 is 0 Å². The first-order valence-electron chi connectivity index (χ1n) is 7.35. The standard InChI is InChI=1S/C17H22N4O/c1-10(2)18-17(22)15-9-16(20-13(5)19-15)21-14-7-11(3)6-12(4)8-14/h6-10H,1-5H3,(H,18,22)(H,19,20,21). The number of carbonyl (C=O) groups is 1. The Kier molecular flexibility index (Phi) is 4.75. The van der Waals surface area contributed by atoms with Crippen LogP contribution in [0, 0.1) is 20.8 Å². The molecule has 0 aliphatic carbocycles. The summed E-state index contributed by atoms with van der Waals surface area (Å²) in [4.78, 5) is 20.6. The third kappa shape index (κ3) is 4.28. The third-order valence-electron chi connectivity index (χ3n) is 2.98. The molecule has 1 aromatic heterocycles. The van der Waals surface area contributed by atoms with Crippen LogP contribution < -0.4 is 10.6 Å². The lowest BCUT2D eigenvalue weighted by molar-refractivity contribution is 0.0937. The zero-order valence-electron chi connectivity index (χ0n) is 13.7. The molecule has 0 saturated heterocycles. The smallest absolute Gasteiger partial charge is 0.270 e. The molecule has 0 unspecified atom stereocenters. The first-order chi connectivity index (χ1) is 10.3. The molecule has 2 aromatic rings. The summed E-state index contributed by atoms with van der Waals surface area (Å²) in [5, 5.41) is 6.08. The van der Waals surface area contributed by atoms with Crippen molar-refractivity contribution in [1.82, 2.24) is 15.3 Å². The van der Waals surface area contributed by atoms with Gasteiger partial charge in [-0.1, -0.05) is 6.07 Å². The first kappa shape index (κ1) is 15.9. The van der Waals surface area contributed by atoms with Gasteiger partial charge in [-0.05, 0) is 57.9 Å². The molecule has 0 aliphatic rings. The van der Waals surface area contributed by atoms with Crippen LogP contribution in [0.25, 0.3) is 0 Å². The van der Waals surface area contributed by atoms with Crippen molar-refractivity contribution in [2.45, 2.75) is 40.7 Å². The number of aryl methyl sites for hydroxylation is 3. The van der Waals surface area contributed by atoms with E-state index in [0.29, 0.717) is 17.3 Å². The van der Waals surface area contributed by atoms with Gasteiger partial charge in [0.1, 0.15) is 17.3 Å². The lowest BCUT2D eigenvalue weighted by Gasteiger charge is -2.11. The second kappa shape index (κ2) is 6.56. The van der Waals surface area contributed by atoms with Crippen LogP contribution in [0.2, 0.25) is 0 Å². The number of hydrogen-bond acceptors (Lipinski definition) is 4. The number of benzene rings is 1. The molecule has 22 heavy (non-hydrogen) atoms. The average Bonchev–Trinajstić information content (AvgIpc) is 2.35. The minimum absolute atomic E-state index is 0.0682. The van der Waals surface area contributed by atoms with Crippen LogP contribution in [0.15, 0.2) is 24.3 Å². The maximum atomic E-state index is 12.1. The fourth-order valence-corrected chi connectivity index (χ4v) is 2.28. The highest BCUT2D eigenvalue weighted by Crippen LogP contribution is 2.19. The quantitative estimate of drug-likeness (QED) is 0.909. The summed E-state index contributed by atoms with van der Waals surface area (Å²) in [5.41, 5.74) is 3.66. The molecule has 0 saturated carbocycles. The second-order valence-corrected chi connectivity index (χ2v) is 5.82. The number of rotatable bonds is 4. The SMILES string of the molecule is Cc1cc(C)cc(Nc2cc(C(=O)NC(C)C)nc(C)n2)c1. The van der Waals surface area contributed by atoms with Gasteiger partial charge in [-0.2, -0.15) is 0 Å². The normalized spacial score (nSPS) is 10.6. The van der Waals surface area contributed by atoms with Gasteiger partial charge in [-0.15, -0.1) is 0 Å². The fraction of sp³-hybridized carbons (Fsp3) is 0.353. The van der Waals surface area contributed by atoms with Crippen molar-refractivity contribution < 1.29 is 4.79 Å². The third-order valence-corrected chi connectivity index (χ3v) is 2.98. The lowest BCUT2D eigenvalue weighted by atomic mass is 10.1. The van der Waals surface area contributed by atoms with Crippen LogP contribution in [-0.4, -0.2) is 21.9 Å². The predicted molar refractivity (Wildman–Crippen MR) is 88.6 cm³/mol. The number of nitrogens with one attached hydrogen (secondary N) is 2. The highest BCUT2D eigenvalue weighted by molar-refractivity contribution is 5.93. The molecule has 1 aromatic carbocycles. The minimum atomic E-state index is -0.191. The molecule has 5 nitrogen and oxygen atoms in total. The Hall–Kier alpha value is -2.43. The summed E-state index contributed by atoms with van der Waals surface area (Å²) < 4.78 is 0. The first-order valence-corrected chi connectivity index (χ1v) is 7.35. The largest absolute Gasteiger partial charge is 0.349 e. The zero-order valence-corrected chi connectivity index (χ0v) is 13.7. The van der Waals surface area contributed by atoms with E-state index in [-0.39, 0.29) is 11.9 Å². The van der Waals surface area contributed by atoms with Gasteiger partial charge < -0.3 is 10.6 Å². The van der Waals surface area contributed by atoms with Crippen molar-refractivity contribution in [3.63, 3.8) is 0 Å². The Balaban J connectivity index is 2.28. The summed E-state index contributed by atoms with van der Waals surface area (Å²) >= 11 is 0. The van der Waals surface area contributed by atoms with E-state index < -0.39 is 0 Å². The number of carbonyl (C=O) groups excluding carboxylic acids is 1. The molecule has 0 radical (unpaired) electrons. The molecule has 2 N–H and O–H groups in total. The molecule has 0 aliphatic heterocycles. The van der Waals surface area contributed by atoms with Gasteiger partial charge >= 0.3 is 0 Å². The van der Waals surface area contributed by atoms with Gasteiger partial charge in [0.15, 0.2) is 0 Å². The van der Waals surface area contributed by atoms with E-state index in [1.807, 2.05) is 39.8 Å². The van der Waals surface area contributed by atoms with Crippen molar-refractivity contribution in [2.24, 2.45) is 0 Å². The molecule has 0 bridgehead atoms. The Morgan fingerprint density at radius 1 is 1.00 bits per heavy atom. The van der Waals surface area contributed by atoms with Gasteiger partial charge in [0.25, 0.3) is 5.91 Å². The van der Waals surface area contributed by atoms with E-state index in [0.717, 1.165) is 5.69 Å². The van der Waals surface area contributed by atoms with E-state index in [2.05, 4.69) is 26.7 Å². The number of hydrogen-bond donors (Lipinski definition) is 2. The van der Waals surface area contributed by atoms with E-state index in [1.54, 1.807) is 13.0 Å². The molecule has 0 fully saturated rings. The van der Waals surface area contributed by atoms with Gasteiger partial charge in [-0.25, -0.2) is 9.97 Å². The molecule has 1 heterocycles. The van der Waals surface area contributed by atoms with Crippen molar-refractivity contribution in [3.05, 3.63) is 46.9 Å². The van der Waals surface area contributed by atoms with Gasteiger partial charge in [-0.3, -0.25) is 4.79 Å². The summed E-state index contributed by atoms with van der Waals surface area (Å²) in [5.74, 6) is 0.985. The second-order valence-electron chi connectivity index (χ2n) is 5.82. The number of nitrogens with zero attached hydrogens (tertiary/aromatic N) is 2. The summed E-state index contributed by atoms with van der Waals surface area (Å²) in [7, 11) is 0. The highest BCUT2D eigenvalue weighted by atomic mass is 16.1. The van der Waals surface area contributed by atoms with E-state index in [1.165, 1.54) is 11.1 Å². The van der Waals surface area contributed by atoms with Gasteiger partial charge in [0.05, 0.1) is 0 Å². The average molecular weight is 298 g/mol. The van der Waals surface area contributed by atoms with Crippen molar-refractivity contribution in [2.75, 3.05) is 5.32 Å². The number of amides is 1. The Morgan fingerprint density at radius 2 is 1.64 bits per heavy atom. The maximum absolute atomic E-state index is 12.1. The zero-order chi connectivity index (χ0) is 16.3.